The van der Waals surface area contributed by atoms with Gasteiger partial charge in [-0.1, -0.05) is 88.5 Å². The molecule has 0 atom stereocenters. The lowest BCUT2D eigenvalue weighted by Gasteiger charge is -2.26. The van der Waals surface area contributed by atoms with Gasteiger partial charge >= 0.3 is 5.97 Å². The Balaban J connectivity index is 1.51. The molecular weight excluding hydrogens is 571 g/mol. The van der Waals surface area contributed by atoms with E-state index in [0.717, 1.165) is 16.0 Å². The fourth-order valence-corrected chi connectivity index (χ4v) is 4.64. The first-order valence-corrected chi connectivity index (χ1v) is 13.7. The number of nitrogens with one attached hydrogen (secondary N) is 1. The van der Waals surface area contributed by atoms with Gasteiger partial charge in [0.05, 0.1) is 21.3 Å². The number of benzene rings is 3. The molecule has 3 aromatic carbocycles. The summed E-state index contributed by atoms with van der Waals surface area (Å²) in [5, 5.41) is 3.10. The number of rotatable bonds is 5. The summed E-state index contributed by atoms with van der Waals surface area (Å²) in [6.07, 6.45) is 0. The lowest BCUT2D eigenvalue weighted by Crippen LogP contribution is -2.32. The average Bonchev–Trinajstić information content (AvgIpc) is 3.08. The molecular formula is C31H29Cl3N2O4. The number of anilines is 2. The first-order chi connectivity index (χ1) is 18.6. The van der Waals surface area contributed by atoms with Gasteiger partial charge in [-0.05, 0) is 64.9 Å². The Morgan fingerprint density at radius 1 is 0.775 bits per heavy atom. The number of ether oxygens (including phenoxy) is 1. The second-order valence-electron chi connectivity index (χ2n) is 11.5. The monoisotopic (exact) mass is 598 g/mol. The van der Waals surface area contributed by atoms with Crippen molar-refractivity contribution >= 4 is 64.0 Å². The molecule has 0 saturated carbocycles. The molecule has 0 spiro atoms. The van der Waals surface area contributed by atoms with E-state index in [1.54, 1.807) is 24.3 Å². The van der Waals surface area contributed by atoms with Crippen LogP contribution >= 0.6 is 34.8 Å². The first kappa shape index (κ1) is 29.7. The zero-order valence-electron chi connectivity index (χ0n) is 23.0. The number of carbonyl (C=O) groups excluding carboxylic acids is 3. The van der Waals surface area contributed by atoms with Crippen molar-refractivity contribution in [2.24, 2.45) is 0 Å². The molecule has 208 valence electrons. The maximum atomic E-state index is 13.1. The highest BCUT2D eigenvalue weighted by atomic mass is 35.5. The smallest absolute Gasteiger partial charge is 0.343 e. The zero-order valence-corrected chi connectivity index (χ0v) is 25.3. The molecule has 1 aliphatic rings. The van der Waals surface area contributed by atoms with Gasteiger partial charge < -0.3 is 10.1 Å². The van der Waals surface area contributed by atoms with Crippen LogP contribution in [-0.2, 0) is 20.4 Å². The predicted molar refractivity (Wildman–Crippen MR) is 161 cm³/mol. The summed E-state index contributed by atoms with van der Waals surface area (Å²) in [5.74, 6) is -1.36. The quantitative estimate of drug-likeness (QED) is 0.182. The topological polar surface area (TPSA) is 75.7 Å². The van der Waals surface area contributed by atoms with E-state index >= 15 is 0 Å². The largest absolute Gasteiger partial charge is 0.423 e. The second kappa shape index (κ2) is 10.9. The molecule has 0 aliphatic carbocycles. The predicted octanol–water partition coefficient (Wildman–Crippen LogP) is 8.24. The fourth-order valence-electron chi connectivity index (χ4n) is 4.13. The number of esters is 1. The van der Waals surface area contributed by atoms with Crippen LogP contribution in [0.25, 0.3) is 0 Å². The minimum atomic E-state index is -0.695. The summed E-state index contributed by atoms with van der Waals surface area (Å²) < 4.78 is 5.81. The van der Waals surface area contributed by atoms with Crippen LogP contribution < -0.4 is 15.0 Å². The Hall–Kier alpha value is -3.32. The van der Waals surface area contributed by atoms with E-state index in [1.807, 2.05) is 12.1 Å². The van der Waals surface area contributed by atoms with E-state index in [4.69, 9.17) is 39.5 Å². The highest BCUT2D eigenvalue weighted by Gasteiger charge is 2.39. The Labute approximate surface area is 248 Å². The molecule has 0 fully saturated rings. The van der Waals surface area contributed by atoms with Crippen molar-refractivity contribution in [1.29, 1.82) is 0 Å². The van der Waals surface area contributed by atoms with Crippen molar-refractivity contribution in [2.75, 3.05) is 10.2 Å². The molecule has 6 nitrogen and oxygen atoms in total. The molecule has 0 bridgehead atoms. The summed E-state index contributed by atoms with van der Waals surface area (Å²) in [6.45, 7) is 12.6. The standard InChI is InChI=1S/C31H29Cl3N2O4/c1-30(2,3)18-9-14-24(21(15-18)31(4,5)6)40-29(39)17-7-10-19(11-8-17)35-26-25(34)27(37)36(28(26)38)20-12-13-22(32)23(33)16-20/h7-16,35H,1-6H3. The maximum absolute atomic E-state index is 13.1. The van der Waals surface area contributed by atoms with Gasteiger partial charge in [-0.25, -0.2) is 9.69 Å². The first-order valence-electron chi connectivity index (χ1n) is 12.6. The number of nitrogens with zero attached hydrogens (tertiary/aromatic N) is 1. The number of imide groups is 1. The van der Waals surface area contributed by atoms with Crippen molar-refractivity contribution in [3.8, 4) is 5.75 Å². The molecule has 3 aromatic rings. The molecule has 40 heavy (non-hydrogen) atoms. The highest BCUT2D eigenvalue weighted by Crippen LogP contribution is 2.36. The van der Waals surface area contributed by atoms with Gasteiger partial charge in [0.15, 0.2) is 0 Å². The zero-order chi connectivity index (χ0) is 29.6. The minimum absolute atomic E-state index is 0.0477. The number of carbonyl (C=O) groups is 3. The van der Waals surface area contributed by atoms with Crippen LogP contribution in [0.4, 0.5) is 11.4 Å². The van der Waals surface area contributed by atoms with Crippen LogP contribution in [0.1, 0.15) is 63.0 Å². The van der Waals surface area contributed by atoms with Crippen LogP contribution in [0.2, 0.25) is 10.0 Å². The lowest BCUT2D eigenvalue weighted by atomic mass is 9.80. The van der Waals surface area contributed by atoms with Gasteiger partial charge in [-0.15, -0.1) is 0 Å². The Morgan fingerprint density at radius 2 is 1.43 bits per heavy atom. The SMILES string of the molecule is CC(C)(C)c1ccc(OC(=O)c2ccc(NC3=C(Cl)C(=O)N(c4ccc(Cl)c(Cl)c4)C3=O)cc2)c(C(C)(C)C)c1. The van der Waals surface area contributed by atoms with Crippen molar-refractivity contribution in [3.05, 3.63) is 98.1 Å². The van der Waals surface area contributed by atoms with Crippen molar-refractivity contribution < 1.29 is 19.1 Å². The van der Waals surface area contributed by atoms with E-state index < -0.39 is 17.8 Å². The average molecular weight is 600 g/mol. The lowest BCUT2D eigenvalue weighted by molar-refractivity contribution is -0.120. The molecule has 1 aliphatic heterocycles. The molecule has 1 N–H and O–H groups in total. The Bertz CT molecular complexity index is 1550. The van der Waals surface area contributed by atoms with Crippen LogP contribution in [0.3, 0.4) is 0 Å². The molecule has 0 radical (unpaired) electrons. The Morgan fingerprint density at radius 3 is 2.00 bits per heavy atom. The van der Waals surface area contributed by atoms with Gasteiger partial charge in [-0.3, -0.25) is 9.59 Å². The molecule has 0 unspecified atom stereocenters. The van der Waals surface area contributed by atoms with Crippen LogP contribution in [0, 0.1) is 0 Å². The van der Waals surface area contributed by atoms with Crippen LogP contribution in [0.15, 0.2) is 71.4 Å². The van der Waals surface area contributed by atoms with Crippen LogP contribution in [0.5, 0.6) is 5.75 Å². The third kappa shape index (κ3) is 6.04. The van der Waals surface area contributed by atoms with E-state index in [-0.39, 0.29) is 37.3 Å². The number of amides is 2. The van der Waals surface area contributed by atoms with Crippen molar-refractivity contribution in [1.82, 2.24) is 0 Å². The van der Waals surface area contributed by atoms with Crippen molar-refractivity contribution in [3.63, 3.8) is 0 Å². The summed E-state index contributed by atoms with van der Waals surface area (Å²) in [5.41, 5.74) is 2.71. The van der Waals surface area contributed by atoms with Gasteiger partial charge in [0, 0.05) is 11.3 Å². The fraction of sp³-hybridized carbons (Fsp3) is 0.258. The molecule has 0 saturated heterocycles. The number of halogens is 3. The van der Waals surface area contributed by atoms with E-state index in [9.17, 15) is 14.4 Å². The molecule has 0 aromatic heterocycles. The summed E-state index contributed by atoms with van der Waals surface area (Å²) >= 11 is 18.2. The Kier molecular flexibility index (Phi) is 8.10. The summed E-state index contributed by atoms with van der Waals surface area (Å²) in [7, 11) is 0. The maximum Gasteiger partial charge on any atom is 0.343 e. The number of hydrogen-bond donors (Lipinski definition) is 1. The highest BCUT2D eigenvalue weighted by molar-refractivity contribution is 6.53. The van der Waals surface area contributed by atoms with E-state index in [1.165, 1.54) is 18.2 Å². The number of hydrogen-bond acceptors (Lipinski definition) is 5. The molecule has 2 amide bonds. The second-order valence-corrected chi connectivity index (χ2v) is 12.7. The van der Waals surface area contributed by atoms with E-state index in [0.29, 0.717) is 17.0 Å². The van der Waals surface area contributed by atoms with Crippen molar-refractivity contribution in [2.45, 2.75) is 52.4 Å². The summed E-state index contributed by atoms with van der Waals surface area (Å²) in [6, 6.07) is 16.6. The van der Waals surface area contributed by atoms with E-state index in [2.05, 4.69) is 52.9 Å². The molecule has 9 heteroatoms. The summed E-state index contributed by atoms with van der Waals surface area (Å²) in [4.78, 5) is 39.7. The molecule has 4 rings (SSSR count). The normalized spacial score (nSPS) is 14.2. The van der Waals surface area contributed by atoms with Crippen LogP contribution in [-0.4, -0.2) is 17.8 Å². The third-order valence-corrected chi connectivity index (χ3v) is 7.52. The van der Waals surface area contributed by atoms with Gasteiger partial charge in [0.25, 0.3) is 11.8 Å². The molecule has 1 heterocycles. The third-order valence-electron chi connectivity index (χ3n) is 6.43. The minimum Gasteiger partial charge on any atom is -0.423 e. The van der Waals surface area contributed by atoms with Gasteiger partial charge in [0.1, 0.15) is 16.5 Å². The van der Waals surface area contributed by atoms with Gasteiger partial charge in [0.2, 0.25) is 0 Å². The van der Waals surface area contributed by atoms with Gasteiger partial charge in [-0.2, -0.15) is 0 Å².